The van der Waals surface area contributed by atoms with Crippen molar-refractivity contribution in [2.24, 2.45) is 11.3 Å². The molecule has 5 heteroatoms. The summed E-state index contributed by atoms with van der Waals surface area (Å²) in [6.45, 7) is 2.80. The second kappa shape index (κ2) is 7.65. The highest BCUT2D eigenvalue weighted by Gasteiger charge is 2.38. The van der Waals surface area contributed by atoms with Crippen LogP contribution in [0.25, 0.3) is 0 Å². The Morgan fingerprint density at radius 2 is 1.76 bits per heavy atom. The van der Waals surface area contributed by atoms with Gasteiger partial charge in [0.2, 0.25) is 9.05 Å². The molecule has 0 aromatic carbocycles. The van der Waals surface area contributed by atoms with Gasteiger partial charge in [-0.1, -0.05) is 45.4 Å². The van der Waals surface area contributed by atoms with E-state index in [1.807, 2.05) is 0 Å². The van der Waals surface area contributed by atoms with Crippen LogP contribution in [0.4, 0.5) is 0 Å². The molecule has 0 saturated heterocycles. The van der Waals surface area contributed by atoms with Crippen LogP contribution >= 0.6 is 10.7 Å². The van der Waals surface area contributed by atoms with Crippen molar-refractivity contribution < 1.29 is 13.2 Å². The van der Waals surface area contributed by atoms with Crippen LogP contribution in [0, 0.1) is 11.3 Å². The Kier molecular flexibility index (Phi) is 6.39. The highest BCUT2D eigenvalue weighted by atomic mass is 35.7. The zero-order chi connectivity index (χ0) is 15.3. The van der Waals surface area contributed by atoms with Crippen molar-refractivity contribution in [3.05, 3.63) is 0 Å². The standard InChI is InChI=1S/C16H29ClO3S/c1-2-14-8-4-5-9-15(14)20-12-16(13-21(17,18)19)10-6-3-7-11-16/h14-15H,2-13H2,1H3. The molecular weight excluding hydrogens is 308 g/mol. The molecule has 21 heavy (non-hydrogen) atoms. The van der Waals surface area contributed by atoms with Crippen molar-refractivity contribution in [3.63, 3.8) is 0 Å². The van der Waals surface area contributed by atoms with E-state index < -0.39 is 9.05 Å². The predicted octanol–water partition coefficient (Wildman–Crippen LogP) is 4.49. The molecule has 2 rings (SSSR count). The smallest absolute Gasteiger partial charge is 0.233 e. The van der Waals surface area contributed by atoms with Gasteiger partial charge >= 0.3 is 0 Å². The first-order valence-corrected chi connectivity index (χ1v) is 11.0. The van der Waals surface area contributed by atoms with Crippen molar-refractivity contribution in [1.29, 1.82) is 0 Å². The van der Waals surface area contributed by atoms with Gasteiger partial charge in [0.1, 0.15) is 0 Å². The normalized spacial score (nSPS) is 30.2. The molecule has 0 amide bonds. The van der Waals surface area contributed by atoms with Crippen LogP contribution in [0.5, 0.6) is 0 Å². The zero-order valence-corrected chi connectivity index (χ0v) is 14.7. The summed E-state index contributed by atoms with van der Waals surface area (Å²) in [7, 11) is 2.09. The molecule has 124 valence electrons. The molecular formula is C16H29ClO3S. The Morgan fingerprint density at radius 3 is 2.38 bits per heavy atom. The molecule has 3 nitrogen and oxygen atoms in total. The molecule has 2 atom stereocenters. The van der Waals surface area contributed by atoms with Gasteiger partial charge in [-0.15, -0.1) is 0 Å². The van der Waals surface area contributed by atoms with Crippen LogP contribution in [0.2, 0.25) is 0 Å². The van der Waals surface area contributed by atoms with Gasteiger partial charge in [-0.3, -0.25) is 0 Å². The lowest BCUT2D eigenvalue weighted by atomic mass is 9.76. The van der Waals surface area contributed by atoms with E-state index in [-0.39, 0.29) is 11.2 Å². The van der Waals surface area contributed by atoms with E-state index in [9.17, 15) is 8.42 Å². The predicted molar refractivity (Wildman–Crippen MR) is 87.1 cm³/mol. The van der Waals surface area contributed by atoms with Crippen LogP contribution < -0.4 is 0 Å². The van der Waals surface area contributed by atoms with Crippen LogP contribution in [0.15, 0.2) is 0 Å². The van der Waals surface area contributed by atoms with Crippen molar-refractivity contribution >= 4 is 19.7 Å². The largest absolute Gasteiger partial charge is 0.377 e. The molecule has 0 spiro atoms. The third-order valence-corrected chi connectivity index (χ3v) is 6.64. The summed E-state index contributed by atoms with van der Waals surface area (Å²) in [5, 5.41) is 0. The minimum atomic E-state index is -3.46. The maximum atomic E-state index is 11.6. The SMILES string of the molecule is CCC1CCCCC1OCC1(CS(=O)(=O)Cl)CCCCC1. The lowest BCUT2D eigenvalue weighted by molar-refractivity contribution is -0.0573. The minimum absolute atomic E-state index is 0.0745. The third-order valence-electron chi connectivity index (χ3n) is 5.36. The van der Waals surface area contributed by atoms with Crippen molar-refractivity contribution in [1.82, 2.24) is 0 Å². The van der Waals surface area contributed by atoms with Crippen LogP contribution in [0.3, 0.4) is 0 Å². The molecule has 2 unspecified atom stereocenters. The van der Waals surface area contributed by atoms with Crippen LogP contribution in [0.1, 0.15) is 71.1 Å². The summed E-state index contributed by atoms with van der Waals surface area (Å²) in [6, 6.07) is 0. The van der Waals surface area contributed by atoms with E-state index in [0.29, 0.717) is 18.6 Å². The fourth-order valence-electron chi connectivity index (χ4n) is 4.14. The molecule has 0 aromatic heterocycles. The summed E-state index contributed by atoms with van der Waals surface area (Å²) in [5.41, 5.74) is -0.241. The van der Waals surface area contributed by atoms with E-state index in [1.165, 1.54) is 25.7 Å². The van der Waals surface area contributed by atoms with E-state index in [2.05, 4.69) is 6.92 Å². The summed E-state index contributed by atoms with van der Waals surface area (Å²) in [4.78, 5) is 0. The fourth-order valence-corrected chi connectivity index (χ4v) is 5.94. The number of hydrogen-bond acceptors (Lipinski definition) is 3. The van der Waals surface area contributed by atoms with Gasteiger partial charge < -0.3 is 4.74 Å². The van der Waals surface area contributed by atoms with E-state index in [0.717, 1.165) is 38.5 Å². The second-order valence-corrected chi connectivity index (χ2v) is 9.82. The molecule has 2 fully saturated rings. The topological polar surface area (TPSA) is 43.4 Å². The summed E-state index contributed by atoms with van der Waals surface area (Å²) < 4.78 is 29.4. The van der Waals surface area contributed by atoms with E-state index in [4.69, 9.17) is 15.4 Å². The van der Waals surface area contributed by atoms with Gasteiger partial charge in [0, 0.05) is 16.1 Å². The maximum absolute atomic E-state index is 11.6. The Hall–Kier alpha value is 0.200. The van der Waals surface area contributed by atoms with Gasteiger partial charge in [0.25, 0.3) is 0 Å². The van der Waals surface area contributed by atoms with E-state index >= 15 is 0 Å². The first kappa shape index (κ1) is 17.6. The fraction of sp³-hybridized carbons (Fsp3) is 1.00. The van der Waals surface area contributed by atoms with Gasteiger partial charge in [-0.05, 0) is 31.6 Å². The Balaban J connectivity index is 1.98. The lowest BCUT2D eigenvalue weighted by Gasteiger charge is -2.39. The third kappa shape index (κ3) is 5.40. The molecule has 0 radical (unpaired) electrons. The van der Waals surface area contributed by atoms with Crippen molar-refractivity contribution in [2.75, 3.05) is 12.4 Å². The summed E-state index contributed by atoms with van der Waals surface area (Å²) in [5.74, 6) is 0.720. The highest BCUT2D eigenvalue weighted by molar-refractivity contribution is 8.13. The molecule has 0 aromatic rings. The monoisotopic (exact) mass is 336 g/mol. The molecule has 2 saturated carbocycles. The number of halogens is 1. The first-order chi connectivity index (χ1) is 9.94. The second-order valence-electron chi connectivity index (χ2n) is 7.05. The first-order valence-electron chi connectivity index (χ1n) is 8.48. The Bertz CT molecular complexity index is 415. The van der Waals surface area contributed by atoms with Gasteiger partial charge in [0.05, 0.1) is 18.5 Å². The minimum Gasteiger partial charge on any atom is -0.377 e. The quantitative estimate of drug-likeness (QED) is 0.671. The molecule has 0 heterocycles. The van der Waals surface area contributed by atoms with Crippen LogP contribution in [-0.2, 0) is 13.8 Å². The average molecular weight is 337 g/mol. The zero-order valence-electron chi connectivity index (χ0n) is 13.2. The molecule has 0 N–H and O–H groups in total. The summed E-state index contributed by atoms with van der Waals surface area (Å²) in [6.07, 6.45) is 11.7. The van der Waals surface area contributed by atoms with Crippen molar-refractivity contribution in [2.45, 2.75) is 77.2 Å². The average Bonchev–Trinajstić information content (AvgIpc) is 2.45. The Labute approximate surface area is 134 Å². The van der Waals surface area contributed by atoms with Crippen molar-refractivity contribution in [3.8, 4) is 0 Å². The molecule has 2 aliphatic carbocycles. The number of hydrogen-bond donors (Lipinski definition) is 0. The number of rotatable bonds is 6. The molecule has 2 aliphatic rings. The van der Waals surface area contributed by atoms with Crippen LogP contribution in [-0.4, -0.2) is 26.9 Å². The molecule has 0 aliphatic heterocycles. The van der Waals surface area contributed by atoms with Gasteiger partial charge in [-0.25, -0.2) is 8.42 Å². The Morgan fingerprint density at radius 1 is 1.10 bits per heavy atom. The molecule has 0 bridgehead atoms. The highest BCUT2D eigenvalue weighted by Crippen LogP contribution is 2.40. The van der Waals surface area contributed by atoms with E-state index in [1.54, 1.807) is 0 Å². The van der Waals surface area contributed by atoms with Gasteiger partial charge in [0.15, 0.2) is 0 Å². The van der Waals surface area contributed by atoms with Gasteiger partial charge in [-0.2, -0.15) is 0 Å². The summed E-state index contributed by atoms with van der Waals surface area (Å²) >= 11 is 0. The maximum Gasteiger partial charge on any atom is 0.233 e. The lowest BCUT2D eigenvalue weighted by Crippen LogP contribution is -2.39. The number of ether oxygens (including phenoxy) is 1.